The van der Waals surface area contributed by atoms with Crippen LogP contribution in [0.4, 0.5) is 4.79 Å². The van der Waals surface area contributed by atoms with E-state index in [1.165, 1.54) is 16.3 Å². The molecule has 2 fully saturated rings. The molecule has 28 heavy (non-hydrogen) atoms. The quantitative estimate of drug-likeness (QED) is 0.717. The van der Waals surface area contributed by atoms with Crippen LogP contribution in [-0.4, -0.2) is 40.3 Å². The zero-order chi connectivity index (χ0) is 19.1. The van der Waals surface area contributed by atoms with E-state index in [2.05, 4.69) is 64.0 Å². The lowest BCUT2D eigenvalue weighted by Crippen LogP contribution is -2.46. The highest BCUT2D eigenvalue weighted by molar-refractivity contribution is 5.83. The fourth-order valence-electron chi connectivity index (χ4n) is 4.46. The number of carbonyl (C=O) groups is 1. The molecule has 0 bridgehead atoms. The molecule has 2 heterocycles. The molecule has 2 aliphatic rings. The predicted molar refractivity (Wildman–Crippen MR) is 110 cm³/mol. The Morgan fingerprint density at radius 3 is 2.86 bits per heavy atom. The van der Waals surface area contributed by atoms with Crippen LogP contribution in [0.5, 0.6) is 0 Å². The van der Waals surface area contributed by atoms with Crippen LogP contribution < -0.4 is 5.32 Å². The number of aryl methyl sites for hydroxylation is 1. The molecule has 1 aliphatic carbocycles. The molecule has 1 saturated carbocycles. The molecule has 5 nitrogen and oxygen atoms in total. The molecular formula is C23H26N4O. The van der Waals surface area contributed by atoms with E-state index >= 15 is 0 Å². The molecule has 0 spiro atoms. The first kappa shape index (κ1) is 17.3. The second kappa shape index (κ2) is 6.97. The second-order valence-corrected chi connectivity index (χ2v) is 8.27. The van der Waals surface area contributed by atoms with Gasteiger partial charge in [0.05, 0.1) is 5.69 Å². The van der Waals surface area contributed by atoms with Gasteiger partial charge in [-0.1, -0.05) is 42.5 Å². The number of fused-ring (bicyclic) bond motifs is 1. The smallest absolute Gasteiger partial charge is 0.317 e. The number of urea groups is 1. The largest absolute Gasteiger partial charge is 0.335 e. The Balaban J connectivity index is 1.21. The maximum Gasteiger partial charge on any atom is 0.317 e. The number of hydrogen-bond donors (Lipinski definition) is 2. The minimum absolute atomic E-state index is 0.0743. The summed E-state index contributed by atoms with van der Waals surface area (Å²) >= 11 is 0. The number of nitrogens with zero attached hydrogens (tertiary/aromatic N) is 2. The predicted octanol–water partition coefficient (Wildman–Crippen LogP) is 4.32. The van der Waals surface area contributed by atoms with Crippen molar-refractivity contribution in [1.29, 1.82) is 0 Å². The van der Waals surface area contributed by atoms with Gasteiger partial charge in [-0.2, -0.15) is 5.10 Å². The maximum absolute atomic E-state index is 12.8. The number of rotatable bonds is 3. The average molecular weight is 374 g/mol. The number of piperidine rings is 1. The molecule has 3 atom stereocenters. The summed E-state index contributed by atoms with van der Waals surface area (Å²) in [7, 11) is 0. The Labute approximate surface area is 165 Å². The van der Waals surface area contributed by atoms with Crippen LogP contribution in [0.2, 0.25) is 0 Å². The second-order valence-electron chi connectivity index (χ2n) is 8.27. The summed E-state index contributed by atoms with van der Waals surface area (Å²) in [5.41, 5.74) is 3.48. The molecule has 5 rings (SSSR count). The number of aromatic amines is 1. The highest BCUT2D eigenvalue weighted by Crippen LogP contribution is 2.42. The van der Waals surface area contributed by atoms with E-state index < -0.39 is 0 Å². The van der Waals surface area contributed by atoms with Crippen molar-refractivity contribution in [3.05, 3.63) is 65.5 Å². The summed E-state index contributed by atoms with van der Waals surface area (Å²) in [5, 5.41) is 13.2. The molecule has 144 valence electrons. The lowest BCUT2D eigenvalue weighted by atomic mass is 9.95. The number of H-pyrrole nitrogens is 1. The minimum atomic E-state index is 0.0743. The number of hydrogen-bond acceptors (Lipinski definition) is 2. The molecule has 1 aliphatic heterocycles. The third-order valence-corrected chi connectivity index (χ3v) is 6.15. The van der Waals surface area contributed by atoms with E-state index in [4.69, 9.17) is 0 Å². The monoisotopic (exact) mass is 374 g/mol. The van der Waals surface area contributed by atoms with Gasteiger partial charge >= 0.3 is 6.03 Å². The SMILES string of the molecule is Cc1cc(C2CCCN(C(=O)N[C@@H]3C[C@H]3c3ccc4ccccc4c3)C2)n[nH]1. The zero-order valence-corrected chi connectivity index (χ0v) is 16.2. The molecule has 0 radical (unpaired) electrons. The van der Waals surface area contributed by atoms with Crippen LogP contribution in [0, 0.1) is 6.92 Å². The van der Waals surface area contributed by atoms with Gasteiger partial charge < -0.3 is 10.2 Å². The van der Waals surface area contributed by atoms with Crippen LogP contribution in [-0.2, 0) is 0 Å². The van der Waals surface area contributed by atoms with Gasteiger partial charge in [0.25, 0.3) is 0 Å². The van der Waals surface area contributed by atoms with Crippen LogP contribution >= 0.6 is 0 Å². The van der Waals surface area contributed by atoms with Gasteiger partial charge in [-0.3, -0.25) is 5.10 Å². The normalized spacial score (nSPS) is 24.3. The summed E-state index contributed by atoms with van der Waals surface area (Å²) in [5.74, 6) is 0.767. The van der Waals surface area contributed by atoms with E-state index in [0.29, 0.717) is 11.8 Å². The number of benzene rings is 2. The molecule has 1 unspecified atom stereocenters. The first-order valence-corrected chi connectivity index (χ1v) is 10.2. The van der Waals surface area contributed by atoms with Gasteiger partial charge in [-0.05, 0) is 48.6 Å². The van der Waals surface area contributed by atoms with E-state index in [-0.39, 0.29) is 12.1 Å². The Hall–Kier alpha value is -2.82. The molecule has 5 heteroatoms. The van der Waals surface area contributed by atoms with E-state index in [0.717, 1.165) is 43.7 Å². The van der Waals surface area contributed by atoms with Crippen molar-refractivity contribution < 1.29 is 4.79 Å². The van der Waals surface area contributed by atoms with Crippen molar-refractivity contribution in [3.63, 3.8) is 0 Å². The standard InChI is InChI=1S/C23H26N4O/c1-15-11-21(26-25-15)19-7-4-10-27(14-19)23(28)24-22-13-20(22)18-9-8-16-5-2-3-6-17(16)12-18/h2-3,5-6,8-9,11-12,19-20,22H,4,7,10,13-14H2,1H3,(H,24,28)(H,25,26)/t19?,20-,22+/m0/s1. The van der Waals surface area contributed by atoms with Gasteiger partial charge in [0.15, 0.2) is 0 Å². The average Bonchev–Trinajstić information content (AvgIpc) is 3.36. The Kier molecular flexibility index (Phi) is 4.30. The van der Waals surface area contributed by atoms with E-state index in [9.17, 15) is 4.79 Å². The van der Waals surface area contributed by atoms with Gasteiger partial charge in [0, 0.05) is 36.7 Å². The summed E-state index contributed by atoms with van der Waals surface area (Å²) in [4.78, 5) is 14.8. The highest BCUT2D eigenvalue weighted by Gasteiger charge is 2.40. The highest BCUT2D eigenvalue weighted by atomic mass is 16.2. The molecular weight excluding hydrogens is 348 g/mol. The maximum atomic E-state index is 12.8. The van der Waals surface area contributed by atoms with Crippen molar-refractivity contribution in [3.8, 4) is 0 Å². The summed E-state index contributed by atoms with van der Waals surface area (Å²) in [6, 6.07) is 17.5. The van der Waals surface area contributed by atoms with E-state index in [1.807, 2.05) is 11.8 Å². The van der Waals surface area contributed by atoms with Crippen molar-refractivity contribution >= 4 is 16.8 Å². The van der Waals surface area contributed by atoms with E-state index in [1.54, 1.807) is 0 Å². The van der Waals surface area contributed by atoms with Gasteiger partial charge in [0.1, 0.15) is 0 Å². The van der Waals surface area contributed by atoms with Crippen LogP contribution in [0.15, 0.2) is 48.5 Å². The fraction of sp³-hybridized carbons (Fsp3) is 0.391. The lowest BCUT2D eigenvalue weighted by molar-refractivity contribution is 0.178. The van der Waals surface area contributed by atoms with Crippen LogP contribution in [0.3, 0.4) is 0 Å². The topological polar surface area (TPSA) is 61.0 Å². The number of amides is 2. The van der Waals surface area contributed by atoms with Crippen molar-refractivity contribution in [1.82, 2.24) is 20.4 Å². The molecule has 2 N–H and O–H groups in total. The van der Waals surface area contributed by atoms with Crippen molar-refractivity contribution in [2.45, 2.75) is 44.1 Å². The Morgan fingerprint density at radius 1 is 1.18 bits per heavy atom. The molecule has 1 saturated heterocycles. The van der Waals surface area contributed by atoms with Crippen molar-refractivity contribution in [2.24, 2.45) is 0 Å². The molecule has 2 aromatic carbocycles. The number of carbonyl (C=O) groups excluding carboxylic acids is 1. The Bertz CT molecular complexity index is 1010. The van der Waals surface area contributed by atoms with Crippen LogP contribution in [0.25, 0.3) is 10.8 Å². The lowest BCUT2D eigenvalue weighted by Gasteiger charge is -2.32. The zero-order valence-electron chi connectivity index (χ0n) is 16.2. The first-order chi connectivity index (χ1) is 13.7. The summed E-state index contributed by atoms with van der Waals surface area (Å²) in [6.45, 7) is 3.60. The fourth-order valence-corrected chi connectivity index (χ4v) is 4.46. The molecule has 3 aromatic rings. The van der Waals surface area contributed by atoms with Gasteiger partial charge in [-0.25, -0.2) is 4.79 Å². The number of nitrogens with one attached hydrogen (secondary N) is 2. The Morgan fingerprint density at radius 2 is 2.04 bits per heavy atom. The van der Waals surface area contributed by atoms with Gasteiger partial charge in [-0.15, -0.1) is 0 Å². The third-order valence-electron chi connectivity index (χ3n) is 6.15. The summed E-state index contributed by atoms with van der Waals surface area (Å²) in [6.07, 6.45) is 3.15. The molecule has 2 amide bonds. The number of likely N-dealkylation sites (tertiary alicyclic amines) is 1. The minimum Gasteiger partial charge on any atom is -0.335 e. The number of aromatic nitrogens is 2. The third kappa shape index (κ3) is 3.37. The first-order valence-electron chi connectivity index (χ1n) is 10.2. The van der Waals surface area contributed by atoms with Gasteiger partial charge in [0.2, 0.25) is 0 Å². The summed E-state index contributed by atoms with van der Waals surface area (Å²) < 4.78 is 0. The van der Waals surface area contributed by atoms with Crippen molar-refractivity contribution in [2.75, 3.05) is 13.1 Å². The molecule has 1 aromatic heterocycles. The van der Waals surface area contributed by atoms with Crippen LogP contribution in [0.1, 0.15) is 48.0 Å².